The van der Waals surface area contributed by atoms with E-state index in [2.05, 4.69) is 29.3 Å². The first-order chi connectivity index (χ1) is 9.80. The Labute approximate surface area is 130 Å². The summed E-state index contributed by atoms with van der Waals surface area (Å²) in [7, 11) is -1.75. The summed E-state index contributed by atoms with van der Waals surface area (Å²) in [6.07, 6.45) is 2.93. The molecule has 0 saturated carbocycles. The molecule has 0 aliphatic heterocycles. The number of nitrogens with one attached hydrogen (secondary N) is 1. The number of aryl methyl sites for hydroxylation is 1. The molecule has 0 amide bonds. The van der Waals surface area contributed by atoms with E-state index >= 15 is 0 Å². The molecule has 0 unspecified atom stereocenters. The molecule has 2 aromatic rings. The van der Waals surface area contributed by atoms with E-state index in [0.717, 1.165) is 17.8 Å². The van der Waals surface area contributed by atoms with Crippen LogP contribution in [0, 0.1) is 6.92 Å². The lowest BCUT2D eigenvalue weighted by Gasteiger charge is -2.03. The van der Waals surface area contributed by atoms with Crippen LogP contribution in [-0.2, 0) is 17.1 Å². The highest BCUT2D eigenvalue weighted by molar-refractivity contribution is 7.98. The van der Waals surface area contributed by atoms with E-state index in [1.807, 2.05) is 6.26 Å². The molecular weight excluding hydrogens is 334 g/mol. The van der Waals surface area contributed by atoms with Crippen molar-refractivity contribution in [2.45, 2.75) is 12.1 Å². The molecule has 0 bridgehead atoms. The van der Waals surface area contributed by atoms with Gasteiger partial charge in [0.2, 0.25) is 26.3 Å². The number of azo groups is 1. The van der Waals surface area contributed by atoms with Crippen LogP contribution in [0.25, 0.3) is 0 Å². The van der Waals surface area contributed by atoms with Crippen LogP contribution in [0.1, 0.15) is 5.69 Å². The van der Waals surface area contributed by atoms with Crippen molar-refractivity contribution in [1.29, 1.82) is 0 Å². The summed E-state index contributed by atoms with van der Waals surface area (Å²) >= 11 is 2.56. The molecule has 0 aliphatic rings. The second-order valence-corrected chi connectivity index (χ2v) is 7.29. The molecule has 2 aromatic heterocycles. The SMILES string of the molecule is CSc1nsc(N=Nc2c(C)nc(NS(C)(=O)=O)n2C)n1. The maximum atomic E-state index is 11.3. The fraction of sp³-hybridized carbons (Fsp3) is 0.444. The largest absolute Gasteiger partial charge is 0.296 e. The third-order valence-corrected chi connectivity index (χ3v) is 4.14. The van der Waals surface area contributed by atoms with Crippen LogP contribution < -0.4 is 4.72 Å². The number of anilines is 1. The maximum absolute atomic E-state index is 11.3. The van der Waals surface area contributed by atoms with Crippen molar-refractivity contribution in [3.8, 4) is 0 Å². The highest BCUT2D eigenvalue weighted by Crippen LogP contribution is 2.26. The Morgan fingerprint density at radius 2 is 2.05 bits per heavy atom. The predicted octanol–water partition coefficient (Wildman–Crippen LogP) is 2.09. The molecule has 0 saturated heterocycles. The number of thioether (sulfide) groups is 1. The Hall–Kier alpha value is -1.53. The van der Waals surface area contributed by atoms with Gasteiger partial charge in [0.15, 0.2) is 5.82 Å². The molecule has 0 radical (unpaired) electrons. The van der Waals surface area contributed by atoms with Gasteiger partial charge < -0.3 is 0 Å². The summed E-state index contributed by atoms with van der Waals surface area (Å²) in [5, 5.41) is 9.12. The third-order valence-electron chi connectivity index (χ3n) is 2.32. The number of imidazole rings is 1. The van der Waals surface area contributed by atoms with E-state index in [9.17, 15) is 8.42 Å². The van der Waals surface area contributed by atoms with E-state index in [0.29, 0.717) is 21.8 Å². The Morgan fingerprint density at radius 1 is 1.33 bits per heavy atom. The molecule has 9 nitrogen and oxygen atoms in total. The fourth-order valence-corrected chi connectivity index (χ4v) is 3.00. The second-order valence-electron chi connectivity index (χ2n) is 4.04. The van der Waals surface area contributed by atoms with Crippen LogP contribution in [-0.4, -0.2) is 39.8 Å². The molecule has 2 heterocycles. The van der Waals surface area contributed by atoms with E-state index in [-0.39, 0.29) is 5.95 Å². The first-order valence-corrected chi connectivity index (χ1v) is 9.49. The first-order valence-electron chi connectivity index (χ1n) is 5.60. The van der Waals surface area contributed by atoms with Gasteiger partial charge in [-0.3, -0.25) is 9.29 Å². The highest BCUT2D eigenvalue weighted by atomic mass is 32.2. The number of rotatable bonds is 5. The monoisotopic (exact) mass is 347 g/mol. The van der Waals surface area contributed by atoms with Gasteiger partial charge in [-0.05, 0) is 13.2 Å². The zero-order chi connectivity index (χ0) is 15.6. The van der Waals surface area contributed by atoms with Crippen molar-refractivity contribution in [3.05, 3.63) is 5.69 Å². The molecule has 0 fully saturated rings. The van der Waals surface area contributed by atoms with Crippen LogP contribution >= 0.6 is 23.3 Å². The summed E-state index contributed by atoms with van der Waals surface area (Å²) in [6.45, 7) is 1.72. The van der Waals surface area contributed by atoms with Crippen molar-refractivity contribution >= 4 is 50.2 Å². The smallest absolute Gasteiger partial charge is 0.250 e. The van der Waals surface area contributed by atoms with E-state index in [4.69, 9.17) is 0 Å². The molecule has 0 atom stereocenters. The molecule has 12 heteroatoms. The predicted molar refractivity (Wildman–Crippen MR) is 82.3 cm³/mol. The van der Waals surface area contributed by atoms with Crippen LogP contribution in [0.4, 0.5) is 16.9 Å². The number of nitrogens with zero attached hydrogens (tertiary/aromatic N) is 6. The lowest BCUT2D eigenvalue weighted by atomic mass is 10.5. The lowest BCUT2D eigenvalue weighted by Crippen LogP contribution is -2.13. The summed E-state index contributed by atoms with van der Waals surface area (Å²) < 4.78 is 30.4. The Kier molecular flexibility index (Phi) is 4.58. The molecule has 0 spiro atoms. The zero-order valence-corrected chi connectivity index (χ0v) is 14.2. The molecule has 21 heavy (non-hydrogen) atoms. The van der Waals surface area contributed by atoms with Crippen LogP contribution in [0.5, 0.6) is 0 Å². The van der Waals surface area contributed by atoms with Crippen molar-refractivity contribution in [2.75, 3.05) is 17.2 Å². The van der Waals surface area contributed by atoms with Crippen LogP contribution in [0.15, 0.2) is 15.4 Å². The van der Waals surface area contributed by atoms with E-state index < -0.39 is 10.0 Å². The molecule has 1 N–H and O–H groups in total. The van der Waals surface area contributed by atoms with Gasteiger partial charge in [-0.25, -0.2) is 13.4 Å². The minimum absolute atomic E-state index is 0.186. The van der Waals surface area contributed by atoms with Crippen molar-refractivity contribution in [2.24, 2.45) is 17.3 Å². The second kappa shape index (κ2) is 6.07. The average Bonchev–Trinajstić information content (AvgIpc) is 2.93. The molecule has 114 valence electrons. The summed E-state index contributed by atoms with van der Waals surface area (Å²) in [5.41, 5.74) is 0.557. The summed E-state index contributed by atoms with van der Waals surface area (Å²) in [6, 6.07) is 0. The summed E-state index contributed by atoms with van der Waals surface area (Å²) in [4.78, 5) is 8.25. The molecule has 2 rings (SSSR count). The van der Waals surface area contributed by atoms with Gasteiger partial charge in [0.05, 0.1) is 11.9 Å². The Bertz CT molecular complexity index is 777. The van der Waals surface area contributed by atoms with Crippen molar-refractivity contribution in [1.82, 2.24) is 18.9 Å². The number of aromatic nitrogens is 4. The fourth-order valence-electron chi connectivity index (χ4n) is 1.44. The molecular formula is C9H13N7O2S3. The van der Waals surface area contributed by atoms with Crippen molar-refractivity contribution < 1.29 is 8.42 Å². The first kappa shape index (κ1) is 15.9. The van der Waals surface area contributed by atoms with Gasteiger partial charge in [0.1, 0.15) is 0 Å². The quantitative estimate of drug-likeness (QED) is 0.654. The van der Waals surface area contributed by atoms with Gasteiger partial charge in [0, 0.05) is 18.6 Å². The molecule has 0 aliphatic carbocycles. The standard InChI is InChI=1S/C9H13N7O2S3/c1-5-6(12-13-8-11-9(19-3)14-20-8)16(2)7(10-5)15-21(4,17)18/h1-4H3,(H,10,15). The number of hydrogen-bond acceptors (Lipinski definition) is 9. The highest BCUT2D eigenvalue weighted by Gasteiger charge is 2.14. The normalized spacial score (nSPS) is 12.2. The maximum Gasteiger partial charge on any atom is 0.250 e. The van der Waals surface area contributed by atoms with Gasteiger partial charge in [-0.1, -0.05) is 11.8 Å². The summed E-state index contributed by atoms with van der Waals surface area (Å²) in [5.74, 6) is 0.632. The zero-order valence-electron chi connectivity index (χ0n) is 11.7. The lowest BCUT2D eigenvalue weighted by molar-refractivity contribution is 0.606. The Morgan fingerprint density at radius 3 is 2.62 bits per heavy atom. The molecule has 0 aromatic carbocycles. The van der Waals surface area contributed by atoms with Gasteiger partial charge >= 0.3 is 0 Å². The van der Waals surface area contributed by atoms with E-state index in [1.165, 1.54) is 16.3 Å². The topological polar surface area (TPSA) is 114 Å². The number of sulfonamides is 1. The van der Waals surface area contributed by atoms with Gasteiger partial charge in [0.25, 0.3) is 0 Å². The third kappa shape index (κ3) is 3.98. The van der Waals surface area contributed by atoms with Crippen LogP contribution in [0.2, 0.25) is 0 Å². The van der Waals surface area contributed by atoms with E-state index in [1.54, 1.807) is 14.0 Å². The minimum atomic E-state index is -3.40. The van der Waals surface area contributed by atoms with Crippen LogP contribution in [0.3, 0.4) is 0 Å². The van der Waals surface area contributed by atoms with Gasteiger partial charge in [-0.15, -0.1) is 10.2 Å². The Balaban J connectivity index is 2.28. The van der Waals surface area contributed by atoms with Gasteiger partial charge in [-0.2, -0.15) is 9.36 Å². The minimum Gasteiger partial charge on any atom is -0.296 e. The van der Waals surface area contributed by atoms with Crippen molar-refractivity contribution in [3.63, 3.8) is 0 Å². The number of hydrogen-bond donors (Lipinski definition) is 1. The average molecular weight is 347 g/mol.